The number of ether oxygens (including phenoxy) is 2. The summed E-state index contributed by atoms with van der Waals surface area (Å²) >= 11 is 0. The largest absolute Gasteiger partial charge is 0.490 e. The molecule has 4 rings (SSSR count). The van der Waals surface area contributed by atoms with E-state index in [1.807, 2.05) is 47.0 Å². The number of nitrogens with zero attached hydrogens (tertiary/aromatic N) is 4. The Morgan fingerprint density at radius 3 is 2.93 bits per heavy atom. The summed E-state index contributed by atoms with van der Waals surface area (Å²) < 4.78 is 15.4. The Bertz CT molecular complexity index is 873. The number of rotatable bonds is 7. The van der Waals surface area contributed by atoms with Crippen LogP contribution in [-0.2, 0) is 20.1 Å². The van der Waals surface area contributed by atoms with E-state index in [1.54, 1.807) is 0 Å². The third-order valence-corrected chi connectivity index (χ3v) is 4.54. The van der Waals surface area contributed by atoms with Crippen molar-refractivity contribution in [1.29, 1.82) is 0 Å². The smallest absolute Gasteiger partial charge is 0.161 e. The molecule has 0 spiro atoms. The van der Waals surface area contributed by atoms with Gasteiger partial charge < -0.3 is 14.8 Å². The van der Waals surface area contributed by atoms with Crippen molar-refractivity contribution in [2.24, 2.45) is 7.05 Å². The number of hydrogen-bond acceptors (Lipinski definition) is 5. The normalized spacial score (nSPS) is 13.5. The van der Waals surface area contributed by atoms with Crippen LogP contribution in [0.4, 0.5) is 0 Å². The quantitative estimate of drug-likeness (QED) is 0.650. The fourth-order valence-electron chi connectivity index (χ4n) is 3.24. The van der Waals surface area contributed by atoms with Gasteiger partial charge in [-0.2, -0.15) is 10.2 Å². The van der Waals surface area contributed by atoms with Gasteiger partial charge >= 0.3 is 0 Å². The highest BCUT2D eigenvalue weighted by Gasteiger charge is 2.15. The first kappa shape index (κ1) is 17.6. The highest BCUT2D eigenvalue weighted by Crippen LogP contribution is 2.34. The van der Waals surface area contributed by atoms with Crippen LogP contribution < -0.4 is 14.8 Å². The standard InChI is InChI=1S/C20H25N5O2/c1-24-15-17(14-21-7-2-9-25-10-3-8-22-25)20(23-24)16-5-6-18-19(13-16)27-12-4-11-26-18/h3,5-6,8,10,13,15,21H,2,4,7,9,11-12,14H2,1H3. The van der Waals surface area contributed by atoms with Gasteiger partial charge in [-0.25, -0.2) is 0 Å². The van der Waals surface area contributed by atoms with Crippen molar-refractivity contribution in [3.05, 3.63) is 48.4 Å². The minimum Gasteiger partial charge on any atom is -0.490 e. The SMILES string of the molecule is Cn1cc(CNCCCn2cccn2)c(-c2ccc3c(c2)OCCCO3)n1. The van der Waals surface area contributed by atoms with Crippen molar-refractivity contribution in [2.75, 3.05) is 19.8 Å². The highest BCUT2D eigenvalue weighted by atomic mass is 16.5. The molecule has 0 bridgehead atoms. The summed E-state index contributed by atoms with van der Waals surface area (Å²) in [7, 11) is 1.95. The van der Waals surface area contributed by atoms with Gasteiger partial charge in [0.2, 0.25) is 0 Å². The molecule has 0 unspecified atom stereocenters. The molecule has 3 aromatic rings. The Morgan fingerprint density at radius 2 is 2.07 bits per heavy atom. The molecule has 0 amide bonds. The van der Waals surface area contributed by atoms with Crippen molar-refractivity contribution >= 4 is 0 Å². The van der Waals surface area contributed by atoms with Crippen LogP contribution in [0.1, 0.15) is 18.4 Å². The van der Waals surface area contributed by atoms with E-state index in [0.29, 0.717) is 13.2 Å². The molecule has 1 aliphatic heterocycles. The van der Waals surface area contributed by atoms with Crippen LogP contribution in [0, 0.1) is 0 Å². The number of hydrogen-bond donors (Lipinski definition) is 1. The van der Waals surface area contributed by atoms with Gasteiger partial charge in [0.05, 0.1) is 18.9 Å². The molecule has 1 aliphatic rings. The first-order valence-electron chi connectivity index (χ1n) is 9.40. The molecular weight excluding hydrogens is 342 g/mol. The summed E-state index contributed by atoms with van der Waals surface area (Å²) in [5.74, 6) is 1.61. The van der Waals surface area contributed by atoms with Crippen molar-refractivity contribution in [3.63, 3.8) is 0 Å². The maximum atomic E-state index is 5.82. The Morgan fingerprint density at radius 1 is 1.19 bits per heavy atom. The van der Waals surface area contributed by atoms with Gasteiger partial charge in [0.15, 0.2) is 11.5 Å². The van der Waals surface area contributed by atoms with Crippen molar-refractivity contribution < 1.29 is 9.47 Å². The van der Waals surface area contributed by atoms with Crippen LogP contribution in [0.15, 0.2) is 42.9 Å². The molecule has 1 aromatic carbocycles. The third kappa shape index (κ3) is 4.31. The lowest BCUT2D eigenvalue weighted by Crippen LogP contribution is -2.16. The van der Waals surface area contributed by atoms with E-state index in [-0.39, 0.29) is 0 Å². The number of nitrogens with one attached hydrogen (secondary N) is 1. The second-order valence-corrected chi connectivity index (χ2v) is 6.69. The topological polar surface area (TPSA) is 66.1 Å². The fraction of sp³-hybridized carbons (Fsp3) is 0.400. The Hall–Kier alpha value is -2.80. The van der Waals surface area contributed by atoms with E-state index in [9.17, 15) is 0 Å². The first-order chi connectivity index (χ1) is 13.3. The van der Waals surface area contributed by atoms with E-state index >= 15 is 0 Å². The number of aromatic nitrogens is 4. The number of benzene rings is 1. The van der Waals surface area contributed by atoms with Gasteiger partial charge in [-0.3, -0.25) is 9.36 Å². The van der Waals surface area contributed by atoms with Crippen molar-refractivity contribution in [3.8, 4) is 22.8 Å². The van der Waals surface area contributed by atoms with Crippen LogP contribution in [0.3, 0.4) is 0 Å². The van der Waals surface area contributed by atoms with Crippen LogP contribution in [0.2, 0.25) is 0 Å². The van der Waals surface area contributed by atoms with Gasteiger partial charge in [0.1, 0.15) is 0 Å². The summed E-state index contributed by atoms with van der Waals surface area (Å²) in [4.78, 5) is 0. The Balaban J connectivity index is 1.41. The lowest BCUT2D eigenvalue weighted by atomic mass is 10.1. The molecule has 0 fully saturated rings. The predicted molar refractivity (Wildman–Crippen MR) is 103 cm³/mol. The highest BCUT2D eigenvalue weighted by molar-refractivity contribution is 5.66. The maximum absolute atomic E-state index is 5.82. The number of aryl methyl sites for hydroxylation is 2. The first-order valence-corrected chi connectivity index (χ1v) is 9.40. The van der Waals surface area contributed by atoms with E-state index in [2.05, 4.69) is 27.8 Å². The van der Waals surface area contributed by atoms with Gasteiger partial charge in [-0.05, 0) is 37.2 Å². The van der Waals surface area contributed by atoms with E-state index in [1.165, 1.54) is 5.56 Å². The molecule has 7 heteroatoms. The predicted octanol–water partition coefficient (Wildman–Crippen LogP) is 2.62. The molecule has 0 saturated carbocycles. The second kappa shape index (κ2) is 8.26. The average Bonchev–Trinajstić information content (AvgIpc) is 3.25. The van der Waals surface area contributed by atoms with Crippen LogP contribution in [0.25, 0.3) is 11.3 Å². The van der Waals surface area contributed by atoms with Gasteiger partial charge in [0.25, 0.3) is 0 Å². The average molecular weight is 367 g/mol. The molecule has 1 N–H and O–H groups in total. The minimum absolute atomic E-state index is 0.684. The summed E-state index contributed by atoms with van der Waals surface area (Å²) in [5, 5.41) is 12.4. The van der Waals surface area contributed by atoms with Gasteiger partial charge in [-0.15, -0.1) is 0 Å². The third-order valence-electron chi connectivity index (χ3n) is 4.54. The molecule has 0 aliphatic carbocycles. The lowest BCUT2D eigenvalue weighted by molar-refractivity contribution is 0.297. The molecule has 7 nitrogen and oxygen atoms in total. The molecule has 142 valence electrons. The zero-order valence-corrected chi connectivity index (χ0v) is 15.6. The minimum atomic E-state index is 0.684. The Kier molecular flexibility index (Phi) is 5.39. The van der Waals surface area contributed by atoms with E-state index < -0.39 is 0 Å². The number of fused-ring (bicyclic) bond motifs is 1. The Labute approximate surface area is 158 Å². The summed E-state index contributed by atoms with van der Waals surface area (Å²) in [5.41, 5.74) is 3.20. The summed E-state index contributed by atoms with van der Waals surface area (Å²) in [6.07, 6.45) is 7.80. The summed E-state index contributed by atoms with van der Waals surface area (Å²) in [6.45, 7) is 4.00. The van der Waals surface area contributed by atoms with Crippen LogP contribution in [-0.4, -0.2) is 39.3 Å². The molecule has 27 heavy (non-hydrogen) atoms. The van der Waals surface area contributed by atoms with E-state index in [0.717, 1.165) is 55.2 Å². The summed E-state index contributed by atoms with van der Waals surface area (Å²) in [6, 6.07) is 8.01. The lowest BCUT2D eigenvalue weighted by Gasteiger charge is -2.10. The van der Waals surface area contributed by atoms with Crippen molar-refractivity contribution in [1.82, 2.24) is 24.9 Å². The molecule has 0 radical (unpaired) electrons. The van der Waals surface area contributed by atoms with Gasteiger partial charge in [-0.1, -0.05) is 0 Å². The zero-order chi connectivity index (χ0) is 18.5. The van der Waals surface area contributed by atoms with Crippen LogP contribution >= 0.6 is 0 Å². The molecule has 3 heterocycles. The fourth-order valence-corrected chi connectivity index (χ4v) is 3.24. The van der Waals surface area contributed by atoms with Crippen molar-refractivity contribution in [2.45, 2.75) is 25.9 Å². The molecule has 0 atom stereocenters. The second-order valence-electron chi connectivity index (χ2n) is 6.69. The molecular formula is C20H25N5O2. The van der Waals surface area contributed by atoms with E-state index in [4.69, 9.17) is 9.47 Å². The maximum Gasteiger partial charge on any atom is 0.161 e. The zero-order valence-electron chi connectivity index (χ0n) is 15.6. The monoisotopic (exact) mass is 367 g/mol. The van der Waals surface area contributed by atoms with Gasteiger partial charge in [0, 0.05) is 56.3 Å². The van der Waals surface area contributed by atoms with Crippen LogP contribution in [0.5, 0.6) is 11.5 Å². The molecule has 0 saturated heterocycles. The molecule has 2 aromatic heterocycles.